The number of benzene rings is 1. The van der Waals surface area contributed by atoms with Gasteiger partial charge in [0, 0.05) is 31.1 Å². The van der Waals surface area contributed by atoms with Crippen LogP contribution in [0.2, 0.25) is 0 Å². The lowest BCUT2D eigenvalue weighted by molar-refractivity contribution is 0.0485. The maximum atomic E-state index is 13.0. The molecule has 3 amide bonds. The number of amides is 3. The molecule has 1 aliphatic heterocycles. The van der Waals surface area contributed by atoms with Gasteiger partial charge in [-0.25, -0.2) is 14.0 Å². The van der Waals surface area contributed by atoms with Gasteiger partial charge >= 0.3 is 12.1 Å². The van der Waals surface area contributed by atoms with E-state index < -0.39 is 11.7 Å². The fourth-order valence-electron chi connectivity index (χ4n) is 3.38. The molecule has 1 saturated heterocycles. The predicted molar refractivity (Wildman–Crippen MR) is 100 cm³/mol. The van der Waals surface area contributed by atoms with Gasteiger partial charge in [0.15, 0.2) is 0 Å². The van der Waals surface area contributed by atoms with Crippen molar-refractivity contribution >= 4 is 12.1 Å². The van der Waals surface area contributed by atoms with E-state index in [1.165, 1.54) is 12.1 Å². The summed E-state index contributed by atoms with van der Waals surface area (Å²) in [7, 11) is 0. The van der Waals surface area contributed by atoms with Gasteiger partial charge in [-0.2, -0.15) is 0 Å². The number of carbonyl (C=O) groups excluding carboxylic acids is 2. The quantitative estimate of drug-likeness (QED) is 0.848. The zero-order valence-electron chi connectivity index (χ0n) is 16.1. The molecular weight excluding hydrogens is 349 g/mol. The lowest BCUT2D eigenvalue weighted by atomic mass is 10.1. The van der Waals surface area contributed by atoms with Crippen LogP contribution in [-0.4, -0.2) is 47.8 Å². The largest absolute Gasteiger partial charge is 0.444 e. The van der Waals surface area contributed by atoms with Gasteiger partial charge in [0.25, 0.3) is 0 Å². The van der Waals surface area contributed by atoms with Crippen LogP contribution in [0.5, 0.6) is 0 Å². The number of nitrogens with zero attached hydrogens (tertiary/aromatic N) is 1. The van der Waals surface area contributed by atoms with Gasteiger partial charge < -0.3 is 20.3 Å². The molecule has 1 aromatic carbocycles. The van der Waals surface area contributed by atoms with Gasteiger partial charge in [-0.05, 0) is 57.7 Å². The molecule has 2 N–H and O–H groups in total. The zero-order chi connectivity index (χ0) is 19.6. The molecule has 0 radical (unpaired) electrons. The number of hydrogen-bond acceptors (Lipinski definition) is 3. The first-order valence-electron chi connectivity index (χ1n) is 9.52. The van der Waals surface area contributed by atoms with Crippen LogP contribution in [0.25, 0.3) is 0 Å². The summed E-state index contributed by atoms with van der Waals surface area (Å²) < 4.78 is 18.3. The van der Waals surface area contributed by atoms with Crippen LogP contribution in [0.15, 0.2) is 24.3 Å². The van der Waals surface area contributed by atoms with Gasteiger partial charge in [-0.3, -0.25) is 0 Å². The van der Waals surface area contributed by atoms with Crippen molar-refractivity contribution < 1.29 is 18.7 Å². The molecule has 0 bridgehead atoms. The Bertz CT molecular complexity index is 679. The molecule has 0 aromatic heterocycles. The number of halogens is 1. The van der Waals surface area contributed by atoms with Crippen LogP contribution >= 0.6 is 0 Å². The molecule has 6 nitrogen and oxygen atoms in total. The van der Waals surface area contributed by atoms with E-state index in [2.05, 4.69) is 10.6 Å². The Hall–Kier alpha value is -2.31. The third-order valence-corrected chi connectivity index (χ3v) is 4.90. The Kier molecular flexibility index (Phi) is 5.58. The van der Waals surface area contributed by atoms with Crippen molar-refractivity contribution in [3.05, 3.63) is 35.6 Å². The summed E-state index contributed by atoms with van der Waals surface area (Å²) in [5.74, 6) is 0.0174. The number of hydrogen-bond donors (Lipinski definition) is 2. The first-order valence-corrected chi connectivity index (χ1v) is 9.52. The van der Waals surface area contributed by atoms with Gasteiger partial charge in [-0.15, -0.1) is 0 Å². The average molecular weight is 377 g/mol. The van der Waals surface area contributed by atoms with Crippen LogP contribution in [-0.2, 0) is 4.74 Å². The second-order valence-corrected chi connectivity index (χ2v) is 8.36. The molecular formula is C20H28FN3O3. The molecule has 2 aliphatic rings. The second kappa shape index (κ2) is 7.74. The van der Waals surface area contributed by atoms with Crippen LogP contribution < -0.4 is 10.6 Å². The first-order chi connectivity index (χ1) is 12.7. The van der Waals surface area contributed by atoms with Crippen molar-refractivity contribution in [2.45, 2.75) is 63.6 Å². The number of rotatable bonds is 3. The smallest absolute Gasteiger partial charge is 0.407 e. The van der Waals surface area contributed by atoms with Crippen LogP contribution in [0.4, 0.5) is 14.0 Å². The molecule has 2 fully saturated rings. The zero-order valence-corrected chi connectivity index (χ0v) is 16.1. The van der Waals surface area contributed by atoms with Gasteiger partial charge in [-0.1, -0.05) is 12.1 Å². The van der Waals surface area contributed by atoms with E-state index in [1.807, 2.05) is 20.8 Å². The third kappa shape index (κ3) is 5.58. The second-order valence-electron chi connectivity index (χ2n) is 8.36. The van der Waals surface area contributed by atoms with Gasteiger partial charge in [0.2, 0.25) is 0 Å². The average Bonchev–Trinajstić information content (AvgIpc) is 3.33. The fraction of sp³-hybridized carbons (Fsp3) is 0.600. The number of carbonyl (C=O) groups is 2. The maximum Gasteiger partial charge on any atom is 0.407 e. The highest BCUT2D eigenvalue weighted by atomic mass is 19.1. The Morgan fingerprint density at radius 3 is 2.33 bits per heavy atom. The molecule has 3 rings (SSSR count). The van der Waals surface area contributed by atoms with Crippen LogP contribution in [0.3, 0.4) is 0 Å². The Morgan fingerprint density at radius 1 is 1.11 bits per heavy atom. The number of likely N-dealkylation sites (tertiary alicyclic amines) is 1. The molecule has 0 unspecified atom stereocenters. The van der Waals surface area contributed by atoms with E-state index in [0.29, 0.717) is 25.9 Å². The Labute approximate surface area is 159 Å². The standard InChI is InChI=1S/C20H28FN3O3/c1-20(2,3)27-19(26)22-15-8-10-24(11-9-15)18(25)23-17-12-16(17)13-4-6-14(21)7-5-13/h4-7,15-17H,8-12H2,1-3H3,(H,22,26)(H,23,25)/t16-,17-/m1/s1. The predicted octanol–water partition coefficient (Wildman–Crippen LogP) is 3.38. The van der Waals surface area contributed by atoms with E-state index in [4.69, 9.17) is 4.74 Å². The van der Waals surface area contributed by atoms with E-state index in [0.717, 1.165) is 12.0 Å². The van der Waals surface area contributed by atoms with Crippen LogP contribution in [0, 0.1) is 5.82 Å². The number of urea groups is 1. The molecule has 1 aliphatic carbocycles. The summed E-state index contributed by atoms with van der Waals surface area (Å²) >= 11 is 0. The molecule has 7 heteroatoms. The summed E-state index contributed by atoms with van der Waals surface area (Å²) in [5, 5.41) is 5.93. The molecule has 0 spiro atoms. The highest BCUT2D eigenvalue weighted by Gasteiger charge is 2.40. The van der Waals surface area contributed by atoms with E-state index in [-0.39, 0.29) is 29.8 Å². The van der Waals surface area contributed by atoms with E-state index in [9.17, 15) is 14.0 Å². The van der Waals surface area contributed by atoms with E-state index in [1.54, 1.807) is 17.0 Å². The number of ether oxygens (including phenoxy) is 1. The summed E-state index contributed by atoms with van der Waals surface area (Å²) in [5.41, 5.74) is 0.540. The summed E-state index contributed by atoms with van der Waals surface area (Å²) in [6, 6.07) is 6.53. The molecule has 1 aromatic rings. The minimum Gasteiger partial charge on any atom is -0.444 e. The van der Waals surface area contributed by atoms with Crippen molar-refractivity contribution in [2.24, 2.45) is 0 Å². The lowest BCUT2D eigenvalue weighted by Crippen LogP contribution is -2.50. The molecule has 2 atom stereocenters. The Balaban J connectivity index is 1.39. The third-order valence-electron chi connectivity index (χ3n) is 4.90. The van der Waals surface area contributed by atoms with E-state index >= 15 is 0 Å². The minimum atomic E-state index is -0.518. The molecule has 27 heavy (non-hydrogen) atoms. The topological polar surface area (TPSA) is 70.7 Å². The summed E-state index contributed by atoms with van der Waals surface area (Å²) in [6.07, 6.45) is 1.89. The minimum absolute atomic E-state index is 0.0248. The van der Waals surface area contributed by atoms with Crippen LogP contribution in [0.1, 0.15) is 51.5 Å². The molecule has 1 heterocycles. The highest BCUT2D eigenvalue weighted by molar-refractivity contribution is 5.75. The number of nitrogens with one attached hydrogen (secondary N) is 2. The van der Waals surface area contributed by atoms with Crippen molar-refractivity contribution in [3.8, 4) is 0 Å². The normalized spacial score (nSPS) is 22.9. The maximum absolute atomic E-state index is 13.0. The fourth-order valence-corrected chi connectivity index (χ4v) is 3.38. The molecule has 1 saturated carbocycles. The van der Waals surface area contributed by atoms with Gasteiger partial charge in [0.1, 0.15) is 11.4 Å². The van der Waals surface area contributed by atoms with Gasteiger partial charge in [0.05, 0.1) is 0 Å². The molecule has 148 valence electrons. The summed E-state index contributed by atoms with van der Waals surface area (Å²) in [4.78, 5) is 26.1. The lowest BCUT2D eigenvalue weighted by Gasteiger charge is -2.33. The SMILES string of the molecule is CC(C)(C)OC(=O)NC1CCN(C(=O)N[C@@H]2C[C@@H]2c2ccc(F)cc2)CC1. The van der Waals surface area contributed by atoms with Crippen molar-refractivity contribution in [3.63, 3.8) is 0 Å². The Morgan fingerprint density at radius 2 is 1.74 bits per heavy atom. The summed E-state index contributed by atoms with van der Waals surface area (Å²) in [6.45, 7) is 6.68. The number of alkyl carbamates (subject to hydrolysis) is 1. The first kappa shape index (κ1) is 19.5. The number of piperidine rings is 1. The van der Waals surface area contributed by atoms with Crippen molar-refractivity contribution in [2.75, 3.05) is 13.1 Å². The van der Waals surface area contributed by atoms with Crippen molar-refractivity contribution in [1.29, 1.82) is 0 Å². The monoisotopic (exact) mass is 377 g/mol. The van der Waals surface area contributed by atoms with Crippen molar-refractivity contribution in [1.82, 2.24) is 15.5 Å². The highest BCUT2D eigenvalue weighted by Crippen LogP contribution is 2.40.